The fourth-order valence-electron chi connectivity index (χ4n) is 5.15. The van der Waals surface area contributed by atoms with Crippen molar-refractivity contribution in [2.75, 3.05) is 0 Å². The fraction of sp³-hybridized carbons (Fsp3) is 0.158. The van der Waals surface area contributed by atoms with Crippen LogP contribution in [0.1, 0.15) is 43.0 Å². The standard InChI is InChI=1S/C38H32O6/c39-37(29-15-19-33(20-16-29)41-25-27-9-3-1-4-10-27)43-35-23-31-13-7-8-14-32(31)24-36(35)44-38(40)30-17-21-34(22-18-30)42-26-28-11-5-2-6-12-28/h1-22,35-36H,23-26H2. The van der Waals surface area contributed by atoms with Crippen LogP contribution in [0.2, 0.25) is 0 Å². The Balaban J connectivity index is 1.09. The van der Waals surface area contributed by atoms with Gasteiger partial charge in [0.15, 0.2) is 0 Å². The van der Waals surface area contributed by atoms with Gasteiger partial charge in [-0.1, -0.05) is 84.9 Å². The second kappa shape index (κ2) is 13.7. The zero-order valence-corrected chi connectivity index (χ0v) is 24.1. The van der Waals surface area contributed by atoms with Crippen LogP contribution in [0.3, 0.4) is 0 Å². The van der Waals surface area contributed by atoms with Crippen molar-refractivity contribution in [1.29, 1.82) is 0 Å². The summed E-state index contributed by atoms with van der Waals surface area (Å²) in [6.45, 7) is 0.866. The first-order valence-electron chi connectivity index (χ1n) is 14.6. The molecule has 0 radical (unpaired) electrons. The molecule has 0 N–H and O–H groups in total. The number of rotatable bonds is 10. The van der Waals surface area contributed by atoms with Crippen LogP contribution in [-0.2, 0) is 35.5 Å². The molecule has 0 bridgehead atoms. The summed E-state index contributed by atoms with van der Waals surface area (Å²) in [5, 5.41) is 0. The quantitative estimate of drug-likeness (QED) is 0.159. The highest BCUT2D eigenvalue weighted by molar-refractivity contribution is 5.90. The minimum absolute atomic E-state index is 0.395. The number of carbonyl (C=O) groups is 2. The normalized spacial score (nSPS) is 15.5. The molecule has 0 aromatic heterocycles. The Morgan fingerprint density at radius 1 is 0.477 bits per heavy atom. The van der Waals surface area contributed by atoms with E-state index in [9.17, 15) is 9.59 Å². The molecule has 6 heteroatoms. The predicted octanol–water partition coefficient (Wildman–Crippen LogP) is 7.39. The summed E-state index contributed by atoms with van der Waals surface area (Å²) >= 11 is 0. The summed E-state index contributed by atoms with van der Waals surface area (Å²) in [6.07, 6.45) is -0.373. The average Bonchev–Trinajstić information content (AvgIpc) is 3.08. The van der Waals surface area contributed by atoms with Crippen LogP contribution in [0.25, 0.3) is 0 Å². The van der Waals surface area contributed by atoms with E-state index < -0.39 is 24.1 Å². The smallest absolute Gasteiger partial charge is 0.338 e. The molecule has 220 valence electrons. The molecule has 6 rings (SSSR count). The van der Waals surface area contributed by atoms with Gasteiger partial charge >= 0.3 is 11.9 Å². The minimum Gasteiger partial charge on any atom is -0.489 e. The van der Waals surface area contributed by atoms with Gasteiger partial charge in [-0.25, -0.2) is 9.59 Å². The zero-order valence-electron chi connectivity index (χ0n) is 24.1. The van der Waals surface area contributed by atoms with Gasteiger partial charge in [0.25, 0.3) is 0 Å². The number of hydrogen-bond acceptors (Lipinski definition) is 6. The Kier molecular flexibility index (Phi) is 8.98. The van der Waals surface area contributed by atoms with E-state index in [2.05, 4.69) is 0 Å². The lowest BCUT2D eigenvalue weighted by Gasteiger charge is -2.32. The van der Waals surface area contributed by atoms with Crippen molar-refractivity contribution in [2.45, 2.75) is 38.3 Å². The molecule has 0 amide bonds. The molecule has 44 heavy (non-hydrogen) atoms. The van der Waals surface area contributed by atoms with Crippen molar-refractivity contribution in [2.24, 2.45) is 0 Å². The first-order valence-corrected chi connectivity index (χ1v) is 14.6. The lowest BCUT2D eigenvalue weighted by Crippen LogP contribution is -2.41. The van der Waals surface area contributed by atoms with Gasteiger partial charge in [0.05, 0.1) is 11.1 Å². The van der Waals surface area contributed by atoms with E-state index in [-0.39, 0.29) is 0 Å². The molecule has 1 aliphatic rings. The van der Waals surface area contributed by atoms with Crippen molar-refractivity contribution < 1.29 is 28.5 Å². The third-order valence-electron chi connectivity index (χ3n) is 7.57. The fourth-order valence-corrected chi connectivity index (χ4v) is 5.15. The van der Waals surface area contributed by atoms with E-state index in [1.807, 2.05) is 84.9 Å². The van der Waals surface area contributed by atoms with Crippen LogP contribution in [0, 0.1) is 0 Å². The van der Waals surface area contributed by atoms with E-state index in [0.29, 0.717) is 48.7 Å². The third-order valence-corrected chi connectivity index (χ3v) is 7.57. The number of hydrogen-bond donors (Lipinski definition) is 0. The van der Waals surface area contributed by atoms with E-state index in [4.69, 9.17) is 18.9 Å². The Labute approximate surface area is 256 Å². The molecular formula is C38H32O6. The van der Waals surface area contributed by atoms with Crippen LogP contribution in [0.5, 0.6) is 11.5 Å². The summed E-state index contributed by atoms with van der Waals surface area (Å²) in [6, 6.07) is 41.4. The molecule has 0 heterocycles. The summed E-state index contributed by atoms with van der Waals surface area (Å²) in [5.74, 6) is 0.343. The Hall–Kier alpha value is -5.36. The van der Waals surface area contributed by atoms with Gasteiger partial charge in [-0.3, -0.25) is 0 Å². The first-order chi connectivity index (χ1) is 21.6. The molecule has 0 fully saturated rings. The summed E-state index contributed by atoms with van der Waals surface area (Å²) in [4.78, 5) is 26.4. The number of ether oxygens (including phenoxy) is 4. The van der Waals surface area contributed by atoms with Crippen LogP contribution < -0.4 is 9.47 Å². The summed E-state index contributed by atoms with van der Waals surface area (Å²) in [7, 11) is 0. The molecule has 5 aromatic carbocycles. The van der Waals surface area contributed by atoms with Gasteiger partial charge in [-0.05, 0) is 70.8 Å². The van der Waals surface area contributed by atoms with Gasteiger partial charge in [0, 0.05) is 12.8 Å². The lowest BCUT2D eigenvalue weighted by molar-refractivity contribution is -0.0389. The van der Waals surface area contributed by atoms with Crippen molar-refractivity contribution >= 4 is 11.9 Å². The van der Waals surface area contributed by atoms with Crippen LogP contribution >= 0.6 is 0 Å². The molecule has 2 atom stereocenters. The van der Waals surface area contributed by atoms with Gasteiger partial charge in [-0.2, -0.15) is 0 Å². The van der Waals surface area contributed by atoms with Gasteiger partial charge in [-0.15, -0.1) is 0 Å². The van der Waals surface area contributed by atoms with Crippen LogP contribution in [0.15, 0.2) is 133 Å². The molecule has 6 nitrogen and oxygen atoms in total. The van der Waals surface area contributed by atoms with E-state index in [0.717, 1.165) is 22.3 Å². The topological polar surface area (TPSA) is 71.1 Å². The predicted molar refractivity (Wildman–Crippen MR) is 167 cm³/mol. The maximum atomic E-state index is 13.2. The van der Waals surface area contributed by atoms with Gasteiger partial charge < -0.3 is 18.9 Å². The summed E-state index contributed by atoms with van der Waals surface area (Å²) in [5.41, 5.74) is 5.05. The third kappa shape index (κ3) is 7.34. The molecule has 0 aliphatic heterocycles. The molecule has 0 spiro atoms. The summed E-state index contributed by atoms with van der Waals surface area (Å²) < 4.78 is 23.6. The van der Waals surface area contributed by atoms with Crippen molar-refractivity contribution in [1.82, 2.24) is 0 Å². The zero-order chi connectivity index (χ0) is 30.1. The maximum absolute atomic E-state index is 13.2. The van der Waals surface area contributed by atoms with Crippen molar-refractivity contribution in [3.05, 3.63) is 167 Å². The van der Waals surface area contributed by atoms with Crippen molar-refractivity contribution in [3.8, 4) is 11.5 Å². The van der Waals surface area contributed by atoms with E-state index in [1.54, 1.807) is 48.5 Å². The second-order valence-corrected chi connectivity index (χ2v) is 10.7. The van der Waals surface area contributed by atoms with Crippen LogP contribution in [0.4, 0.5) is 0 Å². The van der Waals surface area contributed by atoms with Crippen LogP contribution in [-0.4, -0.2) is 24.1 Å². The molecular weight excluding hydrogens is 552 g/mol. The highest BCUT2D eigenvalue weighted by Gasteiger charge is 2.34. The minimum atomic E-state index is -0.635. The molecule has 1 aliphatic carbocycles. The molecule has 2 unspecified atom stereocenters. The molecule has 5 aromatic rings. The lowest BCUT2D eigenvalue weighted by atomic mass is 9.87. The number of carbonyl (C=O) groups excluding carboxylic acids is 2. The number of fused-ring (bicyclic) bond motifs is 1. The first kappa shape index (κ1) is 28.7. The molecule has 0 saturated carbocycles. The van der Waals surface area contributed by atoms with Gasteiger partial charge in [0.1, 0.15) is 36.9 Å². The Morgan fingerprint density at radius 2 is 0.841 bits per heavy atom. The Morgan fingerprint density at radius 3 is 1.23 bits per heavy atom. The van der Waals surface area contributed by atoms with E-state index >= 15 is 0 Å². The number of esters is 2. The van der Waals surface area contributed by atoms with Crippen molar-refractivity contribution in [3.63, 3.8) is 0 Å². The largest absolute Gasteiger partial charge is 0.489 e. The highest BCUT2D eigenvalue weighted by Crippen LogP contribution is 2.28. The Bertz CT molecular complexity index is 1550. The SMILES string of the molecule is O=C(OC1Cc2ccccc2CC1OC(=O)c1ccc(OCc2ccccc2)cc1)c1ccc(OCc2ccccc2)cc1. The number of benzene rings is 5. The monoisotopic (exact) mass is 584 g/mol. The van der Waals surface area contributed by atoms with E-state index in [1.165, 1.54) is 0 Å². The molecule has 0 saturated heterocycles. The van der Waals surface area contributed by atoms with Gasteiger partial charge in [0.2, 0.25) is 0 Å². The second-order valence-electron chi connectivity index (χ2n) is 10.7. The highest BCUT2D eigenvalue weighted by atomic mass is 16.6. The maximum Gasteiger partial charge on any atom is 0.338 e. The average molecular weight is 585 g/mol.